The van der Waals surface area contributed by atoms with E-state index in [9.17, 15) is 0 Å². The molecule has 2 aromatic heterocycles. The highest BCUT2D eigenvalue weighted by molar-refractivity contribution is 9.10. The first-order chi connectivity index (χ1) is 11.5. The average Bonchev–Trinajstić information content (AvgIpc) is 2.54. The Labute approximate surface area is 149 Å². The predicted octanol–water partition coefficient (Wildman–Crippen LogP) is 3.67. The second kappa shape index (κ2) is 7.01. The van der Waals surface area contributed by atoms with Gasteiger partial charge in [-0.15, -0.1) is 0 Å². The molecule has 0 spiro atoms. The minimum atomic E-state index is -1.23. The van der Waals surface area contributed by atoms with Crippen molar-refractivity contribution >= 4 is 27.6 Å². The molecule has 0 amide bonds. The zero-order chi connectivity index (χ0) is 17.2. The molecule has 1 saturated heterocycles. The number of aromatic nitrogens is 3. The first-order valence-corrected chi connectivity index (χ1v) is 8.85. The van der Waals surface area contributed by atoms with Crippen LogP contribution in [0.4, 0.5) is 16.0 Å². The molecule has 7 heteroatoms. The number of hydrogen-bond donors (Lipinski definition) is 1. The van der Waals surface area contributed by atoms with Crippen molar-refractivity contribution in [2.45, 2.75) is 32.4 Å². The van der Waals surface area contributed by atoms with Crippen molar-refractivity contribution in [1.29, 1.82) is 0 Å². The Morgan fingerprint density at radius 3 is 2.71 bits per heavy atom. The molecule has 0 aliphatic carbocycles. The van der Waals surface area contributed by atoms with Crippen LogP contribution in [0.1, 0.15) is 24.4 Å². The average molecular weight is 394 g/mol. The van der Waals surface area contributed by atoms with Crippen LogP contribution in [-0.2, 0) is 0 Å². The molecule has 1 aliphatic rings. The largest absolute Gasteiger partial charge is 0.367 e. The van der Waals surface area contributed by atoms with Gasteiger partial charge in [0.25, 0.3) is 0 Å². The molecule has 2 aromatic rings. The first kappa shape index (κ1) is 17.1. The lowest BCUT2D eigenvalue weighted by atomic mass is 9.93. The normalized spacial score (nSPS) is 16.9. The van der Waals surface area contributed by atoms with Crippen molar-refractivity contribution in [3.8, 4) is 0 Å². The van der Waals surface area contributed by atoms with Crippen LogP contribution in [0, 0.1) is 13.8 Å². The SMILES string of the molecule is Cc1cc(NCC2(F)CCN(c3ncccc3Br)CC2)nc(C)n1. The van der Waals surface area contributed by atoms with Crippen LogP contribution >= 0.6 is 15.9 Å². The maximum atomic E-state index is 15.1. The van der Waals surface area contributed by atoms with Crippen molar-refractivity contribution in [2.75, 3.05) is 29.9 Å². The van der Waals surface area contributed by atoms with E-state index in [1.807, 2.05) is 32.0 Å². The molecule has 3 heterocycles. The summed E-state index contributed by atoms with van der Waals surface area (Å²) in [4.78, 5) is 15.1. The van der Waals surface area contributed by atoms with Crippen LogP contribution in [0.2, 0.25) is 0 Å². The quantitative estimate of drug-likeness (QED) is 0.858. The molecule has 1 fully saturated rings. The summed E-state index contributed by atoms with van der Waals surface area (Å²) in [6.45, 7) is 5.31. The van der Waals surface area contributed by atoms with Crippen LogP contribution in [-0.4, -0.2) is 40.3 Å². The third-order valence-corrected chi connectivity index (χ3v) is 4.87. The summed E-state index contributed by atoms with van der Waals surface area (Å²) >= 11 is 3.51. The number of pyridine rings is 1. The Bertz CT molecular complexity index is 696. The third kappa shape index (κ3) is 4.01. The maximum Gasteiger partial charge on any atom is 0.142 e. The molecule has 0 aromatic carbocycles. The van der Waals surface area contributed by atoms with Gasteiger partial charge in [-0.05, 0) is 41.9 Å². The summed E-state index contributed by atoms with van der Waals surface area (Å²) in [6, 6.07) is 5.68. The summed E-state index contributed by atoms with van der Waals surface area (Å²) < 4.78 is 16.0. The number of aryl methyl sites for hydroxylation is 2. The Morgan fingerprint density at radius 2 is 2.04 bits per heavy atom. The van der Waals surface area contributed by atoms with E-state index in [0.717, 1.165) is 16.0 Å². The van der Waals surface area contributed by atoms with E-state index in [1.54, 1.807) is 6.20 Å². The molecule has 0 saturated carbocycles. The van der Waals surface area contributed by atoms with E-state index in [2.05, 4.69) is 41.1 Å². The molecule has 5 nitrogen and oxygen atoms in total. The van der Waals surface area contributed by atoms with Crippen LogP contribution in [0.3, 0.4) is 0 Å². The molecule has 1 aliphatic heterocycles. The maximum absolute atomic E-state index is 15.1. The summed E-state index contributed by atoms with van der Waals surface area (Å²) in [5.41, 5.74) is -0.349. The molecule has 3 rings (SSSR count). The number of piperidine rings is 1. The predicted molar refractivity (Wildman–Crippen MR) is 97.2 cm³/mol. The monoisotopic (exact) mass is 393 g/mol. The fraction of sp³-hybridized carbons (Fsp3) is 0.471. The molecule has 0 radical (unpaired) electrons. The molecular weight excluding hydrogens is 373 g/mol. The van der Waals surface area contributed by atoms with E-state index in [4.69, 9.17) is 0 Å². The van der Waals surface area contributed by atoms with Crippen LogP contribution in [0.25, 0.3) is 0 Å². The molecule has 0 unspecified atom stereocenters. The lowest BCUT2D eigenvalue weighted by Gasteiger charge is -2.37. The Kier molecular flexibility index (Phi) is 4.99. The van der Waals surface area contributed by atoms with E-state index in [-0.39, 0.29) is 6.54 Å². The van der Waals surface area contributed by atoms with Crippen LogP contribution < -0.4 is 10.2 Å². The Hall–Kier alpha value is -1.76. The van der Waals surface area contributed by atoms with E-state index >= 15 is 4.39 Å². The van der Waals surface area contributed by atoms with Gasteiger partial charge in [-0.25, -0.2) is 19.3 Å². The van der Waals surface area contributed by atoms with Gasteiger partial charge in [0, 0.05) is 43.9 Å². The highest BCUT2D eigenvalue weighted by atomic mass is 79.9. The zero-order valence-corrected chi connectivity index (χ0v) is 15.5. The second-order valence-corrected chi connectivity index (χ2v) is 7.10. The van der Waals surface area contributed by atoms with Gasteiger partial charge in [-0.3, -0.25) is 0 Å². The summed E-state index contributed by atoms with van der Waals surface area (Å²) in [5, 5.41) is 3.13. The molecule has 0 bridgehead atoms. The summed E-state index contributed by atoms with van der Waals surface area (Å²) in [6.07, 6.45) is 2.69. The fourth-order valence-corrected chi connectivity index (χ4v) is 3.47. The van der Waals surface area contributed by atoms with Gasteiger partial charge >= 0.3 is 0 Å². The first-order valence-electron chi connectivity index (χ1n) is 8.06. The summed E-state index contributed by atoms with van der Waals surface area (Å²) in [7, 11) is 0. The van der Waals surface area contributed by atoms with Gasteiger partial charge in [0.05, 0.1) is 11.0 Å². The Balaban J connectivity index is 1.59. The van der Waals surface area contributed by atoms with Gasteiger partial charge in [0.2, 0.25) is 0 Å². The minimum absolute atomic E-state index is 0.264. The van der Waals surface area contributed by atoms with E-state index < -0.39 is 5.67 Å². The zero-order valence-electron chi connectivity index (χ0n) is 13.9. The highest BCUT2D eigenvalue weighted by Crippen LogP contribution is 2.31. The molecular formula is C17H21BrFN5. The second-order valence-electron chi connectivity index (χ2n) is 6.24. The topological polar surface area (TPSA) is 53.9 Å². The van der Waals surface area contributed by atoms with E-state index in [1.165, 1.54) is 0 Å². The van der Waals surface area contributed by atoms with Gasteiger partial charge in [0.1, 0.15) is 23.1 Å². The smallest absolute Gasteiger partial charge is 0.142 e. The molecule has 24 heavy (non-hydrogen) atoms. The molecule has 128 valence electrons. The number of halogens is 2. The van der Waals surface area contributed by atoms with Crippen molar-refractivity contribution in [3.63, 3.8) is 0 Å². The van der Waals surface area contributed by atoms with Gasteiger partial charge in [-0.2, -0.15) is 0 Å². The van der Waals surface area contributed by atoms with Crippen molar-refractivity contribution in [2.24, 2.45) is 0 Å². The number of alkyl halides is 1. The van der Waals surface area contributed by atoms with Gasteiger partial charge < -0.3 is 10.2 Å². The van der Waals surface area contributed by atoms with Crippen LogP contribution in [0.5, 0.6) is 0 Å². The lowest BCUT2D eigenvalue weighted by molar-refractivity contribution is 0.140. The number of rotatable bonds is 4. The van der Waals surface area contributed by atoms with Crippen LogP contribution in [0.15, 0.2) is 28.9 Å². The van der Waals surface area contributed by atoms with Crippen molar-refractivity contribution in [1.82, 2.24) is 15.0 Å². The van der Waals surface area contributed by atoms with Gasteiger partial charge in [0.15, 0.2) is 0 Å². The molecule has 0 atom stereocenters. The number of anilines is 2. The highest BCUT2D eigenvalue weighted by Gasteiger charge is 2.35. The molecule has 1 N–H and O–H groups in total. The summed E-state index contributed by atoms with van der Waals surface area (Å²) in [5.74, 6) is 2.27. The Morgan fingerprint density at radius 1 is 1.29 bits per heavy atom. The minimum Gasteiger partial charge on any atom is -0.367 e. The third-order valence-electron chi connectivity index (χ3n) is 4.25. The standard InChI is InChI=1S/C17H21BrFN5/c1-12-10-15(23-13(2)22-12)21-11-17(19)5-8-24(9-6-17)16-14(18)4-3-7-20-16/h3-4,7,10H,5-6,8-9,11H2,1-2H3,(H,21,22,23). The van der Waals surface area contributed by atoms with Gasteiger partial charge in [-0.1, -0.05) is 0 Å². The van der Waals surface area contributed by atoms with E-state index in [0.29, 0.717) is 37.6 Å². The fourth-order valence-electron chi connectivity index (χ4n) is 2.96. The van der Waals surface area contributed by atoms with Crippen molar-refractivity contribution < 1.29 is 4.39 Å². The number of nitrogens with zero attached hydrogens (tertiary/aromatic N) is 4. The lowest BCUT2D eigenvalue weighted by Crippen LogP contribution is -2.46. The number of hydrogen-bond acceptors (Lipinski definition) is 5. The number of nitrogens with one attached hydrogen (secondary N) is 1. The van der Waals surface area contributed by atoms with Crippen molar-refractivity contribution in [3.05, 3.63) is 40.4 Å².